The summed E-state index contributed by atoms with van der Waals surface area (Å²) in [6.07, 6.45) is 7.78. The van der Waals surface area contributed by atoms with Crippen LogP contribution in [0.15, 0.2) is 35.4 Å². The predicted molar refractivity (Wildman–Crippen MR) is 107 cm³/mol. The van der Waals surface area contributed by atoms with Crippen molar-refractivity contribution in [2.45, 2.75) is 51.4 Å². The van der Waals surface area contributed by atoms with E-state index in [-0.39, 0.29) is 5.75 Å². The molecule has 2 aromatic heterocycles. The van der Waals surface area contributed by atoms with Crippen molar-refractivity contribution in [3.8, 4) is 17.3 Å². The van der Waals surface area contributed by atoms with Gasteiger partial charge in [-0.3, -0.25) is 13.5 Å². The molecule has 1 saturated carbocycles. The van der Waals surface area contributed by atoms with Gasteiger partial charge in [-0.2, -0.15) is 0 Å². The maximum absolute atomic E-state index is 13.0. The zero-order valence-corrected chi connectivity index (χ0v) is 17.2. The number of aromatic nitrogens is 2. The van der Waals surface area contributed by atoms with Gasteiger partial charge in [-0.05, 0) is 43.4 Å². The van der Waals surface area contributed by atoms with Crippen LogP contribution in [0.25, 0.3) is 5.82 Å². The van der Waals surface area contributed by atoms with Crippen molar-refractivity contribution in [3.63, 3.8) is 0 Å². The van der Waals surface area contributed by atoms with E-state index < -0.39 is 18.1 Å². The van der Waals surface area contributed by atoms with Crippen LogP contribution in [-0.2, 0) is 4.18 Å². The average molecular weight is 426 g/mol. The Hall–Kier alpha value is -2.13. The summed E-state index contributed by atoms with van der Waals surface area (Å²) in [5.74, 6) is -1.77. The van der Waals surface area contributed by atoms with Crippen LogP contribution in [0.4, 0.5) is 8.78 Å². The topological polar surface area (TPSA) is 62.6 Å². The minimum Gasteiger partial charge on any atom is -0.487 e. The first-order valence-corrected chi connectivity index (χ1v) is 10.2. The summed E-state index contributed by atoms with van der Waals surface area (Å²) >= 11 is 0.823. The lowest BCUT2D eigenvalue weighted by Crippen LogP contribution is -2.23. The molecular weight excluding hydrogens is 402 g/mol. The first-order valence-electron chi connectivity index (χ1n) is 9.57. The van der Waals surface area contributed by atoms with Gasteiger partial charge < -0.3 is 8.92 Å². The summed E-state index contributed by atoms with van der Waals surface area (Å²) in [5, 5.41) is 0. The van der Waals surface area contributed by atoms with Crippen LogP contribution in [0.5, 0.6) is 11.5 Å². The third-order valence-electron chi connectivity index (χ3n) is 4.58. The second-order valence-electron chi connectivity index (χ2n) is 7.06. The molecule has 1 fully saturated rings. The minimum absolute atomic E-state index is 0.0708. The van der Waals surface area contributed by atoms with Crippen molar-refractivity contribution in [2.75, 3.05) is 13.2 Å². The van der Waals surface area contributed by atoms with E-state index in [1.54, 1.807) is 6.20 Å². The number of halogens is 2. The van der Waals surface area contributed by atoms with Gasteiger partial charge in [0.15, 0.2) is 18.2 Å². The highest BCUT2D eigenvalue weighted by Gasteiger charge is 2.23. The van der Waals surface area contributed by atoms with Gasteiger partial charge >= 0.3 is 0 Å². The van der Waals surface area contributed by atoms with Crippen molar-refractivity contribution >= 4 is 12.3 Å². The Balaban J connectivity index is 1.88. The molecule has 0 amide bonds. The van der Waals surface area contributed by atoms with Crippen LogP contribution in [0.2, 0.25) is 0 Å². The first-order chi connectivity index (χ1) is 13.9. The fourth-order valence-corrected chi connectivity index (χ4v) is 3.56. The highest BCUT2D eigenvalue weighted by Crippen LogP contribution is 2.36. The molecule has 1 aliphatic carbocycles. The van der Waals surface area contributed by atoms with Crippen molar-refractivity contribution in [3.05, 3.63) is 46.5 Å². The molecule has 0 N–H and O–H groups in total. The molecule has 0 saturated heterocycles. The van der Waals surface area contributed by atoms with E-state index in [0.717, 1.165) is 43.7 Å². The van der Waals surface area contributed by atoms with E-state index in [1.165, 1.54) is 29.7 Å². The fraction of sp³-hybridized carbons (Fsp3) is 0.500. The standard InChI is InChI=1S/C20H24F2N2O4S/c1-3-27-29-28-17-10-15(14-6-4-5-7-14)12-23-19(17)24-9-8-16(11-18(24)25)26-13-20(2,21)22/h8-12,14H,3-7,13H2,1-2H3. The second-order valence-corrected chi connectivity index (χ2v) is 7.60. The average Bonchev–Trinajstić information content (AvgIpc) is 3.21. The third-order valence-corrected chi connectivity index (χ3v) is 5.16. The highest BCUT2D eigenvalue weighted by atomic mass is 32.2. The second kappa shape index (κ2) is 9.58. The lowest BCUT2D eigenvalue weighted by molar-refractivity contribution is -0.0230. The summed E-state index contributed by atoms with van der Waals surface area (Å²) < 4.78 is 43.1. The molecule has 0 atom stereocenters. The van der Waals surface area contributed by atoms with Crippen molar-refractivity contribution in [1.29, 1.82) is 0 Å². The molecule has 6 nitrogen and oxygen atoms in total. The van der Waals surface area contributed by atoms with E-state index in [0.29, 0.717) is 24.1 Å². The third kappa shape index (κ3) is 5.93. The summed E-state index contributed by atoms with van der Waals surface area (Å²) in [6.45, 7) is 2.26. The molecule has 0 unspecified atom stereocenters. The fourth-order valence-electron chi connectivity index (χ4n) is 3.22. The summed E-state index contributed by atoms with van der Waals surface area (Å²) in [5.41, 5.74) is 0.603. The van der Waals surface area contributed by atoms with E-state index >= 15 is 0 Å². The van der Waals surface area contributed by atoms with Crippen LogP contribution in [0, 0.1) is 0 Å². The van der Waals surface area contributed by atoms with Crippen molar-refractivity contribution in [2.24, 2.45) is 0 Å². The zero-order chi connectivity index (χ0) is 20.9. The Kier molecular flexibility index (Phi) is 7.13. The largest absolute Gasteiger partial charge is 0.487 e. The first kappa shape index (κ1) is 21.6. The smallest absolute Gasteiger partial charge is 0.278 e. The van der Waals surface area contributed by atoms with Crippen molar-refractivity contribution in [1.82, 2.24) is 9.55 Å². The van der Waals surface area contributed by atoms with Gasteiger partial charge in [0.05, 0.1) is 6.61 Å². The van der Waals surface area contributed by atoms with E-state index in [4.69, 9.17) is 13.1 Å². The predicted octanol–water partition coefficient (Wildman–Crippen LogP) is 4.90. The Morgan fingerprint density at radius 2 is 2.07 bits per heavy atom. The molecule has 1 aliphatic rings. The highest BCUT2D eigenvalue weighted by molar-refractivity contribution is 7.90. The Morgan fingerprint density at radius 1 is 1.31 bits per heavy atom. The Labute approximate surface area is 172 Å². The number of nitrogens with zero attached hydrogens (tertiary/aromatic N) is 2. The quantitative estimate of drug-likeness (QED) is 0.420. The lowest BCUT2D eigenvalue weighted by Gasteiger charge is -2.15. The van der Waals surface area contributed by atoms with Gasteiger partial charge in [0, 0.05) is 25.4 Å². The van der Waals surface area contributed by atoms with E-state index in [9.17, 15) is 13.6 Å². The van der Waals surface area contributed by atoms with Crippen molar-refractivity contribution < 1.29 is 21.9 Å². The lowest BCUT2D eigenvalue weighted by atomic mass is 9.99. The molecule has 0 spiro atoms. The van der Waals surface area contributed by atoms with Gasteiger partial charge in [0.25, 0.3) is 11.5 Å². The van der Waals surface area contributed by atoms with Crippen LogP contribution >= 0.6 is 12.3 Å². The maximum Gasteiger partial charge on any atom is 0.278 e. The molecule has 3 rings (SSSR count). The molecule has 2 heterocycles. The van der Waals surface area contributed by atoms with Gasteiger partial charge in [0.1, 0.15) is 5.75 Å². The molecule has 9 heteroatoms. The van der Waals surface area contributed by atoms with Gasteiger partial charge in [-0.15, -0.1) is 0 Å². The number of alkyl halides is 2. The van der Waals surface area contributed by atoms with Crippen LogP contribution in [0.1, 0.15) is 51.0 Å². The SMILES string of the molecule is CCOSOc1cc(C2CCCC2)cnc1-n1ccc(OCC(C)(F)F)cc1=O. The number of pyridine rings is 2. The molecule has 0 aliphatic heterocycles. The molecule has 0 bridgehead atoms. The van der Waals surface area contributed by atoms with E-state index in [2.05, 4.69) is 4.98 Å². The summed E-state index contributed by atoms with van der Waals surface area (Å²) in [6, 6.07) is 4.48. The molecule has 158 valence electrons. The molecular formula is C20H24F2N2O4S. The van der Waals surface area contributed by atoms with Crippen LogP contribution in [-0.4, -0.2) is 28.7 Å². The monoisotopic (exact) mass is 426 g/mol. The Morgan fingerprint density at radius 3 is 2.72 bits per heavy atom. The van der Waals surface area contributed by atoms with Gasteiger partial charge in [0.2, 0.25) is 12.3 Å². The minimum atomic E-state index is -2.98. The van der Waals surface area contributed by atoms with Crippen LogP contribution < -0.4 is 14.5 Å². The van der Waals surface area contributed by atoms with Gasteiger partial charge in [-0.25, -0.2) is 13.8 Å². The number of ether oxygens (including phenoxy) is 1. The molecule has 29 heavy (non-hydrogen) atoms. The maximum atomic E-state index is 13.0. The summed E-state index contributed by atoms with van der Waals surface area (Å²) in [7, 11) is 0. The summed E-state index contributed by atoms with van der Waals surface area (Å²) in [4.78, 5) is 17.0. The molecule has 0 radical (unpaired) electrons. The van der Waals surface area contributed by atoms with Crippen LogP contribution in [0.3, 0.4) is 0 Å². The molecule has 2 aromatic rings. The normalized spacial score (nSPS) is 14.9. The number of hydrogen-bond donors (Lipinski definition) is 0. The van der Waals surface area contributed by atoms with E-state index in [1.807, 2.05) is 13.0 Å². The van der Waals surface area contributed by atoms with Gasteiger partial charge in [-0.1, -0.05) is 12.8 Å². The zero-order valence-electron chi connectivity index (χ0n) is 16.4. The molecule has 0 aromatic carbocycles. The number of rotatable bonds is 9. The number of hydrogen-bond acceptors (Lipinski definition) is 6. The Bertz CT molecular complexity index is 880.